The van der Waals surface area contributed by atoms with Crippen LogP contribution in [0.1, 0.15) is 38.1 Å². The van der Waals surface area contributed by atoms with Crippen molar-refractivity contribution >= 4 is 11.7 Å². The number of methoxy groups -OCH3 is 1. The molecule has 1 aromatic carbocycles. The minimum Gasteiger partial charge on any atom is -0.493 e. The SMILES string of the molecule is CCOc1ccc([C@H](C)N[C@@H](C)C(=O)Nc2cc(C)on2)cc1OC. The first-order chi connectivity index (χ1) is 11.9. The second-order valence-electron chi connectivity index (χ2n) is 5.77. The van der Waals surface area contributed by atoms with Gasteiger partial charge in [-0.25, -0.2) is 0 Å². The summed E-state index contributed by atoms with van der Waals surface area (Å²) < 4.78 is 15.8. The summed E-state index contributed by atoms with van der Waals surface area (Å²) >= 11 is 0. The minimum absolute atomic E-state index is 0.0515. The third kappa shape index (κ3) is 4.96. The van der Waals surface area contributed by atoms with Gasteiger partial charge in [-0.2, -0.15) is 0 Å². The van der Waals surface area contributed by atoms with Gasteiger partial charge in [0.05, 0.1) is 19.8 Å². The van der Waals surface area contributed by atoms with Crippen LogP contribution in [-0.4, -0.2) is 30.8 Å². The Morgan fingerprint density at radius 1 is 1.28 bits per heavy atom. The molecule has 0 radical (unpaired) electrons. The number of hydrogen-bond acceptors (Lipinski definition) is 6. The summed E-state index contributed by atoms with van der Waals surface area (Å²) in [5, 5.41) is 9.74. The molecule has 2 N–H and O–H groups in total. The maximum absolute atomic E-state index is 12.3. The van der Waals surface area contributed by atoms with Gasteiger partial charge >= 0.3 is 0 Å². The molecule has 0 aliphatic rings. The van der Waals surface area contributed by atoms with Crippen LogP contribution in [0.15, 0.2) is 28.8 Å². The molecule has 25 heavy (non-hydrogen) atoms. The minimum atomic E-state index is -0.412. The molecule has 0 aliphatic heterocycles. The zero-order chi connectivity index (χ0) is 18.4. The number of hydrogen-bond donors (Lipinski definition) is 2. The number of nitrogens with one attached hydrogen (secondary N) is 2. The summed E-state index contributed by atoms with van der Waals surface area (Å²) in [7, 11) is 1.61. The van der Waals surface area contributed by atoms with Gasteiger partial charge in [0.1, 0.15) is 5.76 Å². The average molecular weight is 347 g/mol. The van der Waals surface area contributed by atoms with Crippen LogP contribution in [0.25, 0.3) is 0 Å². The lowest BCUT2D eigenvalue weighted by Crippen LogP contribution is -2.39. The molecule has 1 amide bonds. The number of nitrogens with zero attached hydrogens (tertiary/aromatic N) is 1. The van der Waals surface area contributed by atoms with E-state index >= 15 is 0 Å². The van der Waals surface area contributed by atoms with Crippen molar-refractivity contribution in [1.82, 2.24) is 10.5 Å². The molecule has 1 aromatic heterocycles. The molecule has 0 fully saturated rings. The molecular weight excluding hydrogens is 322 g/mol. The lowest BCUT2D eigenvalue weighted by atomic mass is 10.1. The predicted molar refractivity (Wildman–Crippen MR) is 95.0 cm³/mol. The van der Waals surface area contributed by atoms with Gasteiger partial charge in [0.2, 0.25) is 5.91 Å². The topological polar surface area (TPSA) is 85.6 Å². The quantitative estimate of drug-likeness (QED) is 0.763. The standard InChI is InChI=1S/C18H25N3O4/c1-6-24-15-8-7-14(10-16(15)23-5)12(3)19-13(4)18(22)20-17-9-11(2)25-21-17/h7-10,12-13,19H,6H2,1-5H3,(H,20,21,22)/t12-,13-/m0/s1. The van der Waals surface area contributed by atoms with Gasteiger partial charge in [0.25, 0.3) is 0 Å². The summed E-state index contributed by atoms with van der Waals surface area (Å²) in [6.45, 7) is 8.05. The fraction of sp³-hybridized carbons (Fsp3) is 0.444. The molecule has 2 aromatic rings. The molecule has 1 heterocycles. The summed E-state index contributed by atoms with van der Waals surface area (Å²) in [6.07, 6.45) is 0. The van der Waals surface area contributed by atoms with Crippen molar-refractivity contribution in [2.75, 3.05) is 19.0 Å². The van der Waals surface area contributed by atoms with Crippen LogP contribution in [0.5, 0.6) is 11.5 Å². The first-order valence-electron chi connectivity index (χ1n) is 8.25. The number of ether oxygens (including phenoxy) is 2. The van der Waals surface area contributed by atoms with Crippen LogP contribution in [-0.2, 0) is 4.79 Å². The molecule has 0 bridgehead atoms. The Morgan fingerprint density at radius 2 is 2.04 bits per heavy atom. The van der Waals surface area contributed by atoms with Gasteiger partial charge in [-0.1, -0.05) is 11.2 Å². The maximum atomic E-state index is 12.3. The summed E-state index contributed by atoms with van der Waals surface area (Å²) in [5.41, 5.74) is 0.997. The zero-order valence-corrected chi connectivity index (χ0v) is 15.3. The number of rotatable bonds is 8. The monoisotopic (exact) mass is 347 g/mol. The number of amides is 1. The summed E-state index contributed by atoms with van der Waals surface area (Å²) in [5.74, 6) is 2.24. The van der Waals surface area contributed by atoms with Gasteiger partial charge in [-0.05, 0) is 45.4 Å². The molecule has 0 saturated heterocycles. The highest BCUT2D eigenvalue weighted by molar-refractivity contribution is 5.93. The molecule has 2 rings (SSSR count). The fourth-order valence-electron chi connectivity index (χ4n) is 2.43. The van der Waals surface area contributed by atoms with E-state index in [2.05, 4.69) is 15.8 Å². The first-order valence-corrected chi connectivity index (χ1v) is 8.25. The van der Waals surface area contributed by atoms with E-state index in [1.807, 2.05) is 32.0 Å². The van der Waals surface area contributed by atoms with Crippen LogP contribution in [0.4, 0.5) is 5.82 Å². The number of carbonyl (C=O) groups excluding carboxylic acids is 1. The lowest BCUT2D eigenvalue weighted by molar-refractivity contribution is -0.118. The van der Waals surface area contributed by atoms with E-state index < -0.39 is 6.04 Å². The Labute approximate surface area is 147 Å². The number of anilines is 1. The van der Waals surface area contributed by atoms with E-state index in [4.69, 9.17) is 14.0 Å². The Hall–Kier alpha value is -2.54. The smallest absolute Gasteiger partial charge is 0.242 e. The van der Waals surface area contributed by atoms with E-state index in [1.165, 1.54) is 0 Å². The van der Waals surface area contributed by atoms with E-state index in [0.717, 1.165) is 5.56 Å². The van der Waals surface area contributed by atoms with Crippen molar-refractivity contribution in [3.8, 4) is 11.5 Å². The average Bonchev–Trinajstić information content (AvgIpc) is 3.00. The highest BCUT2D eigenvalue weighted by Crippen LogP contribution is 2.30. The second-order valence-corrected chi connectivity index (χ2v) is 5.77. The normalized spacial score (nSPS) is 13.2. The number of benzene rings is 1. The highest BCUT2D eigenvalue weighted by atomic mass is 16.5. The third-order valence-corrected chi connectivity index (χ3v) is 3.76. The first kappa shape index (κ1) is 18.8. The Morgan fingerprint density at radius 3 is 2.64 bits per heavy atom. The summed E-state index contributed by atoms with van der Waals surface area (Å²) in [6, 6.07) is 6.95. The Bertz CT molecular complexity index is 714. The Balaban J connectivity index is 2.00. The number of aromatic nitrogens is 1. The van der Waals surface area contributed by atoms with Crippen molar-refractivity contribution in [1.29, 1.82) is 0 Å². The van der Waals surface area contributed by atoms with Crippen molar-refractivity contribution < 1.29 is 18.8 Å². The van der Waals surface area contributed by atoms with Crippen molar-refractivity contribution in [2.24, 2.45) is 0 Å². The van der Waals surface area contributed by atoms with Crippen LogP contribution in [0, 0.1) is 6.92 Å². The number of aryl methyl sites for hydroxylation is 1. The van der Waals surface area contributed by atoms with Crippen molar-refractivity contribution in [2.45, 2.75) is 39.8 Å². The van der Waals surface area contributed by atoms with Crippen LogP contribution >= 0.6 is 0 Å². The molecule has 0 saturated carbocycles. The van der Waals surface area contributed by atoms with E-state index in [-0.39, 0.29) is 11.9 Å². The second kappa shape index (κ2) is 8.53. The molecule has 2 atom stereocenters. The van der Waals surface area contributed by atoms with Crippen LogP contribution < -0.4 is 20.1 Å². The lowest BCUT2D eigenvalue weighted by Gasteiger charge is -2.20. The van der Waals surface area contributed by atoms with Gasteiger partial charge < -0.3 is 19.3 Å². The van der Waals surface area contributed by atoms with Gasteiger partial charge in [-0.15, -0.1) is 0 Å². The highest BCUT2D eigenvalue weighted by Gasteiger charge is 2.18. The predicted octanol–water partition coefficient (Wildman–Crippen LogP) is 3.07. The molecule has 0 aliphatic carbocycles. The van der Waals surface area contributed by atoms with Gasteiger partial charge in [0.15, 0.2) is 17.3 Å². The van der Waals surface area contributed by atoms with E-state index in [9.17, 15) is 4.79 Å². The Kier molecular flexibility index (Phi) is 6.41. The maximum Gasteiger partial charge on any atom is 0.242 e. The molecule has 0 spiro atoms. The fourth-order valence-corrected chi connectivity index (χ4v) is 2.43. The molecule has 136 valence electrons. The molecular formula is C18H25N3O4. The van der Waals surface area contributed by atoms with Crippen LogP contribution in [0.2, 0.25) is 0 Å². The molecule has 7 heteroatoms. The molecule has 7 nitrogen and oxygen atoms in total. The van der Waals surface area contributed by atoms with Crippen LogP contribution in [0.3, 0.4) is 0 Å². The largest absolute Gasteiger partial charge is 0.493 e. The van der Waals surface area contributed by atoms with Gasteiger partial charge in [0, 0.05) is 12.1 Å². The molecule has 0 unspecified atom stereocenters. The summed E-state index contributed by atoms with van der Waals surface area (Å²) in [4.78, 5) is 12.3. The third-order valence-electron chi connectivity index (χ3n) is 3.76. The van der Waals surface area contributed by atoms with E-state index in [0.29, 0.717) is 29.7 Å². The van der Waals surface area contributed by atoms with Crippen molar-refractivity contribution in [3.63, 3.8) is 0 Å². The van der Waals surface area contributed by atoms with E-state index in [1.54, 1.807) is 27.0 Å². The van der Waals surface area contributed by atoms with Crippen molar-refractivity contribution in [3.05, 3.63) is 35.6 Å². The number of carbonyl (C=O) groups is 1. The van der Waals surface area contributed by atoms with Gasteiger partial charge in [-0.3, -0.25) is 10.1 Å². The zero-order valence-electron chi connectivity index (χ0n) is 15.3.